The van der Waals surface area contributed by atoms with Crippen molar-refractivity contribution in [2.45, 2.75) is 13.0 Å². The Kier molecular flexibility index (Phi) is 4.83. The molecule has 6 heteroatoms. The summed E-state index contributed by atoms with van der Waals surface area (Å²) in [5.74, 6) is 0.444. The lowest BCUT2D eigenvalue weighted by atomic mass is 9.80. The molecule has 0 bridgehead atoms. The van der Waals surface area contributed by atoms with Crippen LogP contribution in [0.15, 0.2) is 42.0 Å². The summed E-state index contributed by atoms with van der Waals surface area (Å²) in [5.41, 5.74) is 0.854. The van der Waals surface area contributed by atoms with Crippen LogP contribution in [0.5, 0.6) is 0 Å². The first-order chi connectivity index (χ1) is 12.3. The van der Waals surface area contributed by atoms with Crippen molar-refractivity contribution < 1.29 is 9.53 Å². The summed E-state index contributed by atoms with van der Waals surface area (Å²) in [7, 11) is 0. The maximum atomic E-state index is 13.0. The van der Waals surface area contributed by atoms with Gasteiger partial charge in [0.1, 0.15) is 0 Å². The van der Waals surface area contributed by atoms with Gasteiger partial charge in [0.2, 0.25) is 5.91 Å². The molecule has 0 saturated carbocycles. The third-order valence-corrected chi connectivity index (χ3v) is 6.23. The standard InChI is InChI=1S/C19H23N3O2S/c23-18(21-8-5-17-2-1-9-25-17)19-13-22(11-16(19)12-24-14-19)10-15-3-6-20-7-4-15/h1-4,6-7,9,16H,5,8,10-14H2,(H,21,23)/t16-,19-/m0/s1. The molecule has 2 aromatic rings. The number of amides is 1. The Hall–Kier alpha value is -1.76. The molecule has 4 rings (SSSR count). The molecule has 4 heterocycles. The first kappa shape index (κ1) is 16.7. The van der Waals surface area contributed by atoms with Gasteiger partial charge in [-0.25, -0.2) is 0 Å². The highest BCUT2D eigenvalue weighted by atomic mass is 32.1. The molecule has 2 fully saturated rings. The number of carbonyl (C=O) groups is 1. The minimum atomic E-state index is -0.386. The number of hydrogen-bond donors (Lipinski definition) is 1. The van der Waals surface area contributed by atoms with Crippen LogP contribution in [0.1, 0.15) is 10.4 Å². The van der Waals surface area contributed by atoms with Crippen molar-refractivity contribution in [2.24, 2.45) is 11.3 Å². The Morgan fingerprint density at radius 1 is 1.40 bits per heavy atom. The average molecular weight is 357 g/mol. The molecule has 2 aliphatic rings. The SMILES string of the molecule is O=C(NCCc1cccs1)[C@@]12COC[C@@H]1CN(Cc1ccncc1)C2. The second kappa shape index (κ2) is 7.23. The molecule has 0 radical (unpaired) electrons. The molecule has 1 amide bonds. The number of nitrogens with zero attached hydrogens (tertiary/aromatic N) is 2. The normalized spacial score (nSPS) is 25.8. The minimum Gasteiger partial charge on any atom is -0.380 e. The van der Waals surface area contributed by atoms with Gasteiger partial charge in [0.25, 0.3) is 0 Å². The van der Waals surface area contributed by atoms with E-state index >= 15 is 0 Å². The molecule has 2 atom stereocenters. The van der Waals surface area contributed by atoms with Gasteiger partial charge in [-0.05, 0) is 35.6 Å². The lowest BCUT2D eigenvalue weighted by molar-refractivity contribution is -0.131. The molecule has 0 unspecified atom stereocenters. The number of fused-ring (bicyclic) bond motifs is 1. The first-order valence-corrected chi connectivity index (χ1v) is 9.64. The Morgan fingerprint density at radius 3 is 3.08 bits per heavy atom. The number of likely N-dealkylation sites (tertiary alicyclic amines) is 1. The van der Waals surface area contributed by atoms with Crippen molar-refractivity contribution in [3.05, 3.63) is 52.5 Å². The Labute approximate surface area is 152 Å². The second-order valence-electron chi connectivity index (χ2n) is 6.98. The van der Waals surface area contributed by atoms with E-state index < -0.39 is 0 Å². The summed E-state index contributed by atoms with van der Waals surface area (Å²) >= 11 is 1.74. The van der Waals surface area contributed by atoms with Gasteiger partial charge >= 0.3 is 0 Å². The van der Waals surface area contributed by atoms with Gasteiger partial charge in [0.15, 0.2) is 0 Å². The fraction of sp³-hybridized carbons (Fsp3) is 0.474. The Balaban J connectivity index is 1.37. The van der Waals surface area contributed by atoms with Crippen LogP contribution in [0, 0.1) is 11.3 Å². The van der Waals surface area contributed by atoms with E-state index in [0.29, 0.717) is 19.8 Å². The smallest absolute Gasteiger partial charge is 0.230 e. The van der Waals surface area contributed by atoms with E-state index in [9.17, 15) is 4.79 Å². The Morgan fingerprint density at radius 2 is 2.28 bits per heavy atom. The van der Waals surface area contributed by atoms with Crippen molar-refractivity contribution in [1.82, 2.24) is 15.2 Å². The molecule has 0 aliphatic carbocycles. The monoisotopic (exact) mass is 357 g/mol. The summed E-state index contributed by atoms with van der Waals surface area (Å²) in [6.45, 7) is 4.47. The number of pyridine rings is 1. The molecular formula is C19H23N3O2S. The maximum Gasteiger partial charge on any atom is 0.230 e. The number of carbonyl (C=O) groups excluding carboxylic acids is 1. The van der Waals surface area contributed by atoms with E-state index in [4.69, 9.17) is 4.74 Å². The minimum absolute atomic E-state index is 0.156. The van der Waals surface area contributed by atoms with Gasteiger partial charge in [0, 0.05) is 49.4 Å². The van der Waals surface area contributed by atoms with E-state index in [0.717, 1.165) is 26.1 Å². The third-order valence-electron chi connectivity index (χ3n) is 5.29. The predicted octanol–water partition coefficient (Wildman–Crippen LogP) is 1.95. The molecular weight excluding hydrogens is 334 g/mol. The van der Waals surface area contributed by atoms with Crippen LogP contribution >= 0.6 is 11.3 Å². The summed E-state index contributed by atoms with van der Waals surface area (Å²) in [4.78, 5) is 20.7. The van der Waals surface area contributed by atoms with E-state index in [1.165, 1.54) is 10.4 Å². The molecule has 2 aliphatic heterocycles. The van der Waals surface area contributed by atoms with Gasteiger partial charge in [-0.15, -0.1) is 11.3 Å². The van der Waals surface area contributed by atoms with Crippen LogP contribution in [0.25, 0.3) is 0 Å². The van der Waals surface area contributed by atoms with Crippen LogP contribution in [-0.4, -0.2) is 48.6 Å². The van der Waals surface area contributed by atoms with Crippen molar-refractivity contribution in [2.75, 3.05) is 32.8 Å². The molecule has 2 saturated heterocycles. The van der Waals surface area contributed by atoms with Gasteiger partial charge in [-0.1, -0.05) is 6.07 Å². The average Bonchev–Trinajstić information content (AvgIpc) is 3.32. The summed E-state index contributed by atoms with van der Waals surface area (Å²) in [6, 6.07) is 8.24. The highest BCUT2D eigenvalue weighted by Crippen LogP contribution is 2.42. The quantitative estimate of drug-likeness (QED) is 0.859. The van der Waals surface area contributed by atoms with Crippen LogP contribution in [0.3, 0.4) is 0 Å². The number of ether oxygens (including phenoxy) is 1. The fourth-order valence-corrected chi connectivity index (χ4v) is 4.67. The zero-order valence-corrected chi connectivity index (χ0v) is 15.0. The number of hydrogen-bond acceptors (Lipinski definition) is 5. The zero-order chi connectivity index (χ0) is 17.1. The predicted molar refractivity (Wildman–Crippen MR) is 97.3 cm³/mol. The molecule has 2 aromatic heterocycles. The number of thiophene rings is 1. The number of aromatic nitrogens is 1. The highest BCUT2D eigenvalue weighted by molar-refractivity contribution is 7.09. The van der Waals surface area contributed by atoms with E-state index in [2.05, 4.69) is 32.7 Å². The first-order valence-electron chi connectivity index (χ1n) is 8.76. The van der Waals surface area contributed by atoms with Crippen molar-refractivity contribution in [3.8, 4) is 0 Å². The molecule has 25 heavy (non-hydrogen) atoms. The van der Waals surface area contributed by atoms with Gasteiger partial charge in [-0.2, -0.15) is 0 Å². The van der Waals surface area contributed by atoms with Crippen LogP contribution < -0.4 is 5.32 Å². The zero-order valence-electron chi connectivity index (χ0n) is 14.2. The fourth-order valence-electron chi connectivity index (χ4n) is 3.96. The van der Waals surface area contributed by atoms with E-state index in [-0.39, 0.29) is 17.2 Å². The summed E-state index contributed by atoms with van der Waals surface area (Å²) in [6.07, 6.45) is 4.54. The molecule has 5 nitrogen and oxygen atoms in total. The molecule has 1 N–H and O–H groups in total. The van der Waals surface area contributed by atoms with E-state index in [1.807, 2.05) is 24.5 Å². The van der Waals surface area contributed by atoms with Crippen molar-refractivity contribution in [3.63, 3.8) is 0 Å². The van der Waals surface area contributed by atoms with Gasteiger partial charge < -0.3 is 10.1 Å². The number of nitrogens with one attached hydrogen (secondary N) is 1. The third kappa shape index (κ3) is 3.47. The molecule has 0 spiro atoms. The van der Waals surface area contributed by atoms with Crippen molar-refractivity contribution in [1.29, 1.82) is 0 Å². The van der Waals surface area contributed by atoms with E-state index in [1.54, 1.807) is 11.3 Å². The summed E-state index contributed by atoms with van der Waals surface area (Å²) < 4.78 is 5.69. The molecule has 0 aromatic carbocycles. The van der Waals surface area contributed by atoms with Crippen molar-refractivity contribution >= 4 is 17.2 Å². The van der Waals surface area contributed by atoms with Gasteiger partial charge in [-0.3, -0.25) is 14.7 Å². The Bertz CT molecular complexity index is 707. The van der Waals surface area contributed by atoms with Gasteiger partial charge in [0.05, 0.1) is 18.6 Å². The lowest BCUT2D eigenvalue weighted by Gasteiger charge is -2.26. The summed E-state index contributed by atoms with van der Waals surface area (Å²) in [5, 5.41) is 5.23. The van der Waals surface area contributed by atoms with Crippen LogP contribution in [-0.2, 0) is 22.5 Å². The largest absolute Gasteiger partial charge is 0.380 e. The van der Waals surface area contributed by atoms with Crippen LogP contribution in [0.4, 0.5) is 0 Å². The van der Waals surface area contributed by atoms with Crippen LogP contribution in [0.2, 0.25) is 0 Å². The number of rotatable bonds is 6. The lowest BCUT2D eigenvalue weighted by Crippen LogP contribution is -2.47. The molecule has 132 valence electrons. The maximum absolute atomic E-state index is 13.0. The topological polar surface area (TPSA) is 54.5 Å². The second-order valence-corrected chi connectivity index (χ2v) is 8.01. The highest BCUT2D eigenvalue weighted by Gasteiger charge is 2.55.